The number of benzene rings is 3. The minimum Gasteiger partial charge on any atom is -0.454 e. The Balaban J connectivity index is 1.38. The van der Waals surface area contributed by atoms with E-state index in [1.54, 1.807) is 30.3 Å². The predicted molar refractivity (Wildman–Crippen MR) is 120 cm³/mol. The predicted octanol–water partition coefficient (Wildman–Crippen LogP) is 3.04. The van der Waals surface area contributed by atoms with Crippen LogP contribution in [0.4, 0.5) is 10.5 Å². The molecule has 3 aromatic rings. The molecule has 2 aliphatic rings. The summed E-state index contributed by atoms with van der Waals surface area (Å²) in [6, 6.07) is 22.9. The number of ether oxygens (including phenoxy) is 2. The van der Waals surface area contributed by atoms with Crippen LogP contribution in [0.2, 0.25) is 0 Å². The summed E-state index contributed by atoms with van der Waals surface area (Å²) >= 11 is 0. The van der Waals surface area contributed by atoms with Gasteiger partial charge in [-0.1, -0.05) is 60.7 Å². The lowest BCUT2D eigenvalue weighted by molar-refractivity contribution is -0.134. The largest absolute Gasteiger partial charge is 0.454 e. The van der Waals surface area contributed by atoms with E-state index in [2.05, 4.69) is 10.6 Å². The molecular weight excluding hydrogens is 422 g/mol. The first-order chi connectivity index (χ1) is 16.0. The number of carbonyl (C=O) groups excluding carboxylic acids is 3. The van der Waals surface area contributed by atoms with Crippen molar-refractivity contribution in [3.8, 4) is 11.5 Å². The number of imide groups is 1. The van der Waals surface area contributed by atoms with E-state index in [-0.39, 0.29) is 13.2 Å². The molecule has 8 heteroatoms. The van der Waals surface area contributed by atoms with E-state index in [0.717, 1.165) is 10.5 Å². The lowest BCUT2D eigenvalue weighted by Crippen LogP contribution is -2.46. The molecule has 2 N–H and O–H groups in total. The van der Waals surface area contributed by atoms with Gasteiger partial charge >= 0.3 is 6.03 Å². The van der Waals surface area contributed by atoms with Gasteiger partial charge in [0.05, 0.1) is 0 Å². The Bertz CT molecular complexity index is 1220. The number of nitrogens with zero attached hydrogens (tertiary/aromatic N) is 1. The molecule has 0 saturated carbocycles. The van der Waals surface area contributed by atoms with E-state index >= 15 is 0 Å². The summed E-state index contributed by atoms with van der Waals surface area (Å²) in [7, 11) is 0. The van der Waals surface area contributed by atoms with Crippen molar-refractivity contribution in [3.05, 3.63) is 90.0 Å². The summed E-state index contributed by atoms with van der Waals surface area (Å²) in [5.41, 5.74) is 0.737. The van der Waals surface area contributed by atoms with Crippen LogP contribution in [0.5, 0.6) is 11.5 Å². The fourth-order valence-corrected chi connectivity index (χ4v) is 4.13. The Hall–Kier alpha value is -4.33. The fourth-order valence-electron chi connectivity index (χ4n) is 4.13. The second-order valence-corrected chi connectivity index (χ2v) is 7.87. The van der Waals surface area contributed by atoms with Crippen molar-refractivity contribution in [2.24, 2.45) is 0 Å². The standard InChI is InChI=1S/C25H21N3O5/c29-22(26-19-11-12-20-21(13-19)33-16-32-20)15-28-23(30)25(27-24(28)31,18-9-5-2-6-10-18)14-17-7-3-1-4-8-17/h1-13H,14-16H2,(H,26,29)(H,27,31). The quantitative estimate of drug-likeness (QED) is 0.571. The van der Waals surface area contributed by atoms with Crippen LogP contribution in [0, 0.1) is 0 Å². The van der Waals surface area contributed by atoms with Crippen LogP contribution in [0.15, 0.2) is 78.9 Å². The second-order valence-electron chi connectivity index (χ2n) is 7.87. The number of carbonyl (C=O) groups is 3. The molecule has 0 radical (unpaired) electrons. The third-order valence-electron chi connectivity index (χ3n) is 5.71. The molecule has 2 heterocycles. The summed E-state index contributed by atoms with van der Waals surface area (Å²) in [5.74, 6) is 0.147. The molecule has 1 fully saturated rings. The number of rotatable bonds is 6. The lowest BCUT2D eigenvalue weighted by Gasteiger charge is -2.27. The summed E-state index contributed by atoms with van der Waals surface area (Å²) in [6.07, 6.45) is 0.267. The number of hydrogen-bond acceptors (Lipinski definition) is 5. The Morgan fingerprint density at radius 3 is 2.39 bits per heavy atom. The van der Waals surface area contributed by atoms with Gasteiger partial charge in [-0.05, 0) is 23.3 Å². The molecule has 166 valence electrons. The van der Waals surface area contributed by atoms with E-state index in [4.69, 9.17) is 9.47 Å². The monoisotopic (exact) mass is 443 g/mol. The first-order valence-electron chi connectivity index (χ1n) is 10.5. The first kappa shape index (κ1) is 20.6. The Morgan fingerprint density at radius 2 is 1.64 bits per heavy atom. The van der Waals surface area contributed by atoms with Gasteiger partial charge in [-0.2, -0.15) is 0 Å². The van der Waals surface area contributed by atoms with E-state index in [0.29, 0.717) is 22.7 Å². The number of fused-ring (bicyclic) bond motifs is 1. The van der Waals surface area contributed by atoms with Gasteiger partial charge in [-0.25, -0.2) is 4.79 Å². The van der Waals surface area contributed by atoms with E-state index in [1.807, 2.05) is 48.5 Å². The van der Waals surface area contributed by atoms with E-state index < -0.39 is 29.9 Å². The van der Waals surface area contributed by atoms with Crippen molar-refractivity contribution < 1.29 is 23.9 Å². The summed E-state index contributed by atoms with van der Waals surface area (Å²) in [4.78, 5) is 40.2. The number of amides is 4. The summed E-state index contributed by atoms with van der Waals surface area (Å²) in [5, 5.41) is 5.56. The number of nitrogens with one attached hydrogen (secondary N) is 2. The van der Waals surface area contributed by atoms with Gasteiger partial charge in [0.15, 0.2) is 17.0 Å². The molecule has 5 rings (SSSR count). The molecule has 3 aromatic carbocycles. The van der Waals surface area contributed by atoms with Crippen molar-refractivity contribution in [2.45, 2.75) is 12.0 Å². The van der Waals surface area contributed by atoms with Crippen LogP contribution in [-0.2, 0) is 21.5 Å². The molecule has 8 nitrogen and oxygen atoms in total. The first-order valence-corrected chi connectivity index (χ1v) is 10.5. The molecule has 1 atom stereocenters. The SMILES string of the molecule is O=C(CN1C(=O)NC(Cc2ccccc2)(c2ccccc2)C1=O)Nc1ccc2c(c1)OCO2. The van der Waals surface area contributed by atoms with Gasteiger partial charge in [-0.15, -0.1) is 0 Å². The van der Waals surface area contributed by atoms with E-state index in [9.17, 15) is 14.4 Å². The maximum atomic E-state index is 13.6. The normalized spacial score (nSPS) is 18.8. The minimum absolute atomic E-state index is 0.123. The maximum Gasteiger partial charge on any atom is 0.325 e. The fraction of sp³-hybridized carbons (Fsp3) is 0.160. The van der Waals surface area contributed by atoms with Gasteiger partial charge in [-0.3, -0.25) is 14.5 Å². The highest BCUT2D eigenvalue weighted by Gasteiger charge is 2.52. The zero-order chi connectivity index (χ0) is 22.8. The number of urea groups is 1. The Kier molecular flexibility index (Phi) is 5.18. The highest BCUT2D eigenvalue weighted by atomic mass is 16.7. The molecular formula is C25H21N3O5. The molecule has 0 bridgehead atoms. The van der Waals surface area contributed by atoms with Gasteiger partial charge < -0.3 is 20.1 Å². The van der Waals surface area contributed by atoms with Crippen LogP contribution in [0.25, 0.3) is 0 Å². The zero-order valence-electron chi connectivity index (χ0n) is 17.6. The second kappa shape index (κ2) is 8.31. The van der Waals surface area contributed by atoms with Crippen molar-refractivity contribution in [3.63, 3.8) is 0 Å². The van der Waals surface area contributed by atoms with Crippen LogP contribution < -0.4 is 20.1 Å². The molecule has 1 unspecified atom stereocenters. The molecule has 0 aromatic heterocycles. The summed E-state index contributed by atoms with van der Waals surface area (Å²) < 4.78 is 10.6. The highest BCUT2D eigenvalue weighted by molar-refractivity contribution is 6.10. The number of anilines is 1. The third kappa shape index (κ3) is 3.87. The summed E-state index contributed by atoms with van der Waals surface area (Å²) in [6.45, 7) is -0.291. The van der Waals surface area contributed by atoms with Crippen molar-refractivity contribution in [1.82, 2.24) is 10.2 Å². The maximum absolute atomic E-state index is 13.6. The zero-order valence-corrected chi connectivity index (χ0v) is 17.6. The minimum atomic E-state index is -1.29. The van der Waals surface area contributed by atoms with Crippen molar-refractivity contribution >= 4 is 23.5 Å². The van der Waals surface area contributed by atoms with Crippen LogP contribution in [0.1, 0.15) is 11.1 Å². The average Bonchev–Trinajstić information content (AvgIpc) is 3.39. The Morgan fingerprint density at radius 1 is 0.939 bits per heavy atom. The van der Waals surface area contributed by atoms with Gasteiger partial charge in [0.25, 0.3) is 5.91 Å². The van der Waals surface area contributed by atoms with Crippen molar-refractivity contribution in [2.75, 3.05) is 18.7 Å². The molecule has 33 heavy (non-hydrogen) atoms. The molecule has 2 aliphatic heterocycles. The van der Waals surface area contributed by atoms with Gasteiger partial charge in [0, 0.05) is 18.2 Å². The van der Waals surface area contributed by atoms with Crippen LogP contribution in [-0.4, -0.2) is 36.1 Å². The van der Waals surface area contributed by atoms with Crippen LogP contribution in [0.3, 0.4) is 0 Å². The number of hydrogen-bond donors (Lipinski definition) is 2. The van der Waals surface area contributed by atoms with E-state index in [1.165, 1.54) is 0 Å². The highest BCUT2D eigenvalue weighted by Crippen LogP contribution is 2.35. The smallest absolute Gasteiger partial charge is 0.325 e. The van der Waals surface area contributed by atoms with Gasteiger partial charge in [0.1, 0.15) is 6.54 Å². The van der Waals surface area contributed by atoms with Crippen LogP contribution >= 0.6 is 0 Å². The van der Waals surface area contributed by atoms with Gasteiger partial charge in [0.2, 0.25) is 12.7 Å². The third-order valence-corrected chi connectivity index (χ3v) is 5.71. The van der Waals surface area contributed by atoms with Crippen molar-refractivity contribution in [1.29, 1.82) is 0 Å². The topological polar surface area (TPSA) is 97.0 Å². The molecule has 0 spiro atoms. The lowest BCUT2D eigenvalue weighted by atomic mass is 9.83. The molecule has 4 amide bonds. The Labute approximate surface area is 190 Å². The molecule has 0 aliphatic carbocycles. The average molecular weight is 443 g/mol. The molecule has 1 saturated heterocycles.